The summed E-state index contributed by atoms with van der Waals surface area (Å²) in [4.78, 5) is 12.0. The van der Waals surface area contributed by atoms with Gasteiger partial charge in [-0.05, 0) is 13.0 Å². The van der Waals surface area contributed by atoms with Gasteiger partial charge in [0.25, 0.3) is 0 Å². The summed E-state index contributed by atoms with van der Waals surface area (Å²) in [6.07, 6.45) is -4.60. The van der Waals surface area contributed by atoms with Crippen LogP contribution in [-0.4, -0.2) is 10.9 Å². The Bertz CT molecular complexity index is 514. The molecule has 0 aliphatic rings. The zero-order valence-electron chi connectivity index (χ0n) is 10.9. The number of carbonyl (C=O) groups excluding carboxylic acids is 1. The number of aliphatic hydroxyl groups excluding tert-OH is 1. The Kier molecular flexibility index (Phi) is 4.39. The van der Waals surface area contributed by atoms with E-state index in [9.17, 15) is 23.1 Å². The average molecular weight is 272 g/mol. The van der Waals surface area contributed by atoms with Crippen molar-refractivity contribution in [1.82, 2.24) is 0 Å². The topological polar surface area (TPSA) is 37.3 Å². The largest absolute Gasteiger partial charge is 0.512 e. The molecule has 1 aromatic carbocycles. The summed E-state index contributed by atoms with van der Waals surface area (Å²) in [5.41, 5.74) is -1.50. The molecule has 5 heteroatoms. The molecule has 0 aliphatic heterocycles. The minimum absolute atomic E-state index is 0.0632. The van der Waals surface area contributed by atoms with Gasteiger partial charge in [0.2, 0.25) is 0 Å². The van der Waals surface area contributed by atoms with Crippen LogP contribution in [0.5, 0.6) is 0 Å². The van der Waals surface area contributed by atoms with Crippen LogP contribution in [0.3, 0.4) is 0 Å². The van der Waals surface area contributed by atoms with Crippen molar-refractivity contribution in [2.45, 2.75) is 26.9 Å². The van der Waals surface area contributed by atoms with Gasteiger partial charge in [0.15, 0.2) is 5.78 Å². The Labute approximate surface area is 109 Å². The van der Waals surface area contributed by atoms with Gasteiger partial charge in [0.1, 0.15) is 5.76 Å². The van der Waals surface area contributed by atoms with E-state index in [1.54, 1.807) is 13.8 Å². The third-order valence-corrected chi connectivity index (χ3v) is 2.75. The maximum absolute atomic E-state index is 12.8. The maximum Gasteiger partial charge on any atom is 0.417 e. The lowest BCUT2D eigenvalue weighted by Crippen LogP contribution is -2.15. The summed E-state index contributed by atoms with van der Waals surface area (Å²) in [6.45, 7) is 4.63. The Morgan fingerprint density at radius 3 is 2.21 bits per heavy atom. The number of hydrogen-bond donors (Lipinski definition) is 1. The van der Waals surface area contributed by atoms with E-state index in [0.717, 1.165) is 12.1 Å². The molecule has 0 aliphatic carbocycles. The molecule has 0 bridgehead atoms. The monoisotopic (exact) mass is 272 g/mol. The van der Waals surface area contributed by atoms with Gasteiger partial charge in [-0.25, -0.2) is 0 Å². The van der Waals surface area contributed by atoms with Crippen LogP contribution in [0, 0.1) is 5.92 Å². The van der Waals surface area contributed by atoms with Crippen molar-refractivity contribution in [2.75, 3.05) is 0 Å². The van der Waals surface area contributed by atoms with Crippen LogP contribution in [0.1, 0.15) is 36.7 Å². The van der Waals surface area contributed by atoms with Gasteiger partial charge in [-0.3, -0.25) is 4.79 Å². The number of hydrogen-bond acceptors (Lipinski definition) is 2. The predicted molar refractivity (Wildman–Crippen MR) is 65.9 cm³/mol. The molecular formula is C14H15F3O2. The lowest BCUT2D eigenvalue weighted by Gasteiger charge is -2.13. The molecule has 1 N–H and O–H groups in total. The van der Waals surface area contributed by atoms with Crippen LogP contribution in [-0.2, 0) is 6.18 Å². The first-order valence-corrected chi connectivity index (χ1v) is 5.77. The molecule has 0 unspecified atom stereocenters. The zero-order valence-corrected chi connectivity index (χ0v) is 10.9. The number of Topliss-reactive ketones (excluding diaryl/α,β-unsaturated/α-hetero) is 1. The zero-order chi connectivity index (χ0) is 14.8. The number of benzene rings is 1. The summed E-state index contributed by atoms with van der Waals surface area (Å²) in [5, 5.41) is 9.70. The van der Waals surface area contributed by atoms with Crippen LogP contribution in [0.4, 0.5) is 13.2 Å². The van der Waals surface area contributed by atoms with E-state index in [0.29, 0.717) is 0 Å². The number of allylic oxidation sites excluding steroid dienone is 2. The quantitative estimate of drug-likeness (QED) is 0.504. The second-order valence-corrected chi connectivity index (χ2v) is 4.54. The molecule has 1 rings (SSSR count). The number of halogens is 3. The third kappa shape index (κ3) is 3.36. The first-order chi connectivity index (χ1) is 8.66. The lowest BCUT2D eigenvalue weighted by atomic mass is 9.96. The molecule has 0 fully saturated rings. The van der Waals surface area contributed by atoms with Crippen LogP contribution < -0.4 is 0 Å². The van der Waals surface area contributed by atoms with Crippen molar-refractivity contribution in [3.8, 4) is 0 Å². The fourth-order valence-corrected chi connectivity index (χ4v) is 1.68. The van der Waals surface area contributed by atoms with Gasteiger partial charge in [-0.1, -0.05) is 32.0 Å². The number of carbonyl (C=O) groups is 1. The molecule has 1 aromatic rings. The Balaban J connectivity index is 3.33. The first kappa shape index (κ1) is 15.3. The molecule has 104 valence electrons. The second-order valence-electron chi connectivity index (χ2n) is 4.54. The molecular weight excluding hydrogens is 257 g/mol. The van der Waals surface area contributed by atoms with Crippen LogP contribution in [0.15, 0.2) is 35.6 Å². The van der Waals surface area contributed by atoms with Crippen molar-refractivity contribution < 1.29 is 23.1 Å². The van der Waals surface area contributed by atoms with E-state index < -0.39 is 23.1 Å². The van der Waals surface area contributed by atoms with E-state index in [1.807, 2.05) is 0 Å². The SMILES string of the molecule is C/C(C(=O)c1ccccc1C(F)(F)F)=C(/O)C(C)C. The minimum atomic E-state index is -4.60. The summed E-state index contributed by atoms with van der Waals surface area (Å²) in [6, 6.07) is 4.55. The van der Waals surface area contributed by atoms with Gasteiger partial charge >= 0.3 is 6.18 Å². The molecule has 19 heavy (non-hydrogen) atoms. The summed E-state index contributed by atoms with van der Waals surface area (Å²) in [5.74, 6) is -1.32. The van der Waals surface area contributed by atoms with Gasteiger partial charge in [0.05, 0.1) is 5.56 Å². The highest BCUT2D eigenvalue weighted by molar-refractivity contribution is 6.09. The predicted octanol–water partition coefficient (Wildman–Crippen LogP) is 4.38. The highest BCUT2D eigenvalue weighted by Gasteiger charge is 2.35. The molecule has 0 radical (unpaired) electrons. The van der Waals surface area contributed by atoms with Crippen LogP contribution in [0.2, 0.25) is 0 Å². The third-order valence-electron chi connectivity index (χ3n) is 2.75. The number of ketones is 1. The summed E-state index contributed by atoms with van der Waals surface area (Å²) < 4.78 is 38.4. The fraction of sp³-hybridized carbons (Fsp3) is 0.357. The van der Waals surface area contributed by atoms with Crippen molar-refractivity contribution in [3.05, 3.63) is 46.7 Å². The van der Waals surface area contributed by atoms with E-state index >= 15 is 0 Å². The van der Waals surface area contributed by atoms with Gasteiger partial charge in [0, 0.05) is 17.1 Å². The molecule has 0 saturated carbocycles. The Hall–Kier alpha value is -1.78. The van der Waals surface area contributed by atoms with Crippen molar-refractivity contribution in [3.63, 3.8) is 0 Å². The van der Waals surface area contributed by atoms with Crippen molar-refractivity contribution in [2.24, 2.45) is 5.92 Å². The maximum atomic E-state index is 12.8. The molecule has 0 saturated heterocycles. The number of alkyl halides is 3. The summed E-state index contributed by atoms with van der Waals surface area (Å²) in [7, 11) is 0. The van der Waals surface area contributed by atoms with Crippen LogP contribution >= 0.6 is 0 Å². The van der Waals surface area contributed by atoms with Gasteiger partial charge in [-0.2, -0.15) is 13.2 Å². The van der Waals surface area contributed by atoms with E-state index in [-0.39, 0.29) is 17.3 Å². The molecule has 2 nitrogen and oxygen atoms in total. The average Bonchev–Trinajstić information content (AvgIpc) is 2.35. The van der Waals surface area contributed by atoms with Crippen molar-refractivity contribution in [1.29, 1.82) is 0 Å². The highest BCUT2D eigenvalue weighted by atomic mass is 19.4. The second kappa shape index (κ2) is 5.47. The van der Waals surface area contributed by atoms with Gasteiger partial charge in [-0.15, -0.1) is 0 Å². The molecule has 0 spiro atoms. The lowest BCUT2D eigenvalue weighted by molar-refractivity contribution is -0.137. The normalized spacial score (nSPS) is 13.4. The van der Waals surface area contributed by atoms with Crippen molar-refractivity contribution >= 4 is 5.78 Å². The van der Waals surface area contributed by atoms with Gasteiger partial charge < -0.3 is 5.11 Å². The molecule has 0 atom stereocenters. The Morgan fingerprint density at radius 2 is 1.74 bits per heavy atom. The highest BCUT2D eigenvalue weighted by Crippen LogP contribution is 2.33. The molecule has 0 heterocycles. The van der Waals surface area contributed by atoms with E-state index in [1.165, 1.54) is 19.1 Å². The van der Waals surface area contributed by atoms with E-state index in [4.69, 9.17) is 0 Å². The Morgan fingerprint density at radius 1 is 1.21 bits per heavy atom. The first-order valence-electron chi connectivity index (χ1n) is 5.77. The number of aliphatic hydroxyl groups is 1. The molecule has 0 aromatic heterocycles. The standard InChI is InChI=1S/C14H15F3O2/c1-8(2)12(18)9(3)13(19)10-6-4-5-7-11(10)14(15,16)17/h4-8,18H,1-3H3/b12-9-. The smallest absolute Gasteiger partial charge is 0.417 e. The van der Waals surface area contributed by atoms with Crippen LogP contribution in [0.25, 0.3) is 0 Å². The minimum Gasteiger partial charge on any atom is -0.512 e. The fourth-order valence-electron chi connectivity index (χ4n) is 1.68. The number of rotatable bonds is 3. The molecule has 0 amide bonds. The summed E-state index contributed by atoms with van der Waals surface area (Å²) >= 11 is 0. The van der Waals surface area contributed by atoms with E-state index in [2.05, 4.69) is 0 Å².